The molecule has 0 aliphatic heterocycles. The lowest BCUT2D eigenvalue weighted by Gasteiger charge is -2.27. The minimum absolute atomic E-state index is 0.167. The van der Waals surface area contributed by atoms with Crippen LogP contribution in [0.3, 0.4) is 0 Å². The van der Waals surface area contributed by atoms with Gasteiger partial charge in [0, 0.05) is 25.1 Å². The Labute approximate surface area is 105 Å². The van der Waals surface area contributed by atoms with Crippen molar-refractivity contribution in [2.45, 2.75) is 37.6 Å². The van der Waals surface area contributed by atoms with Crippen LogP contribution in [0.15, 0.2) is 0 Å². The summed E-state index contributed by atoms with van der Waals surface area (Å²) in [6.07, 6.45) is 5.10. The van der Waals surface area contributed by atoms with Gasteiger partial charge in [-0.3, -0.25) is 0 Å². The molecule has 17 heavy (non-hydrogen) atoms. The smallest absolute Gasteiger partial charge is 0.203 e. The van der Waals surface area contributed by atoms with Crippen molar-refractivity contribution < 1.29 is 9.84 Å². The lowest BCUT2D eigenvalue weighted by molar-refractivity contribution is 0.200. The first kappa shape index (κ1) is 12.7. The van der Waals surface area contributed by atoms with Gasteiger partial charge in [-0.2, -0.15) is 4.37 Å². The van der Waals surface area contributed by atoms with Gasteiger partial charge in [0.25, 0.3) is 0 Å². The van der Waals surface area contributed by atoms with Crippen molar-refractivity contribution in [1.29, 1.82) is 0 Å². The van der Waals surface area contributed by atoms with Crippen LogP contribution in [0.5, 0.6) is 0 Å². The number of rotatable bonds is 6. The summed E-state index contributed by atoms with van der Waals surface area (Å²) < 4.78 is 9.26. The number of methoxy groups -OCH3 is 1. The molecule has 1 saturated carbocycles. The molecule has 1 heterocycles. The van der Waals surface area contributed by atoms with Gasteiger partial charge in [0.1, 0.15) is 5.82 Å². The molecule has 0 amide bonds. The Hall–Kier alpha value is -0.720. The minimum atomic E-state index is -0.169. The molecule has 6 heteroatoms. The van der Waals surface area contributed by atoms with E-state index in [2.05, 4.69) is 14.7 Å². The van der Waals surface area contributed by atoms with Crippen LogP contribution < -0.4 is 5.32 Å². The molecule has 96 valence electrons. The van der Waals surface area contributed by atoms with E-state index >= 15 is 0 Å². The fourth-order valence-electron chi connectivity index (χ4n) is 2.20. The van der Waals surface area contributed by atoms with Crippen molar-refractivity contribution in [1.82, 2.24) is 9.36 Å². The van der Waals surface area contributed by atoms with E-state index in [0.29, 0.717) is 6.61 Å². The second-order valence-corrected chi connectivity index (χ2v) is 5.28. The molecular weight excluding hydrogens is 238 g/mol. The van der Waals surface area contributed by atoms with Gasteiger partial charge < -0.3 is 15.2 Å². The molecule has 0 unspecified atom stereocenters. The van der Waals surface area contributed by atoms with Crippen molar-refractivity contribution in [3.05, 3.63) is 5.82 Å². The Morgan fingerprint density at radius 2 is 2.24 bits per heavy atom. The van der Waals surface area contributed by atoms with E-state index in [0.717, 1.165) is 30.2 Å². The van der Waals surface area contributed by atoms with Crippen molar-refractivity contribution in [3.63, 3.8) is 0 Å². The lowest BCUT2D eigenvalue weighted by atomic mass is 10.00. The predicted octanol–water partition coefficient (Wildman–Crippen LogP) is 1.44. The number of nitrogens with zero attached hydrogens (tertiary/aromatic N) is 2. The lowest BCUT2D eigenvalue weighted by Crippen LogP contribution is -2.38. The number of ether oxygens (including phenoxy) is 1. The van der Waals surface area contributed by atoms with Crippen LogP contribution >= 0.6 is 11.5 Å². The van der Waals surface area contributed by atoms with Gasteiger partial charge in [-0.1, -0.05) is 12.8 Å². The van der Waals surface area contributed by atoms with E-state index in [1.54, 1.807) is 7.11 Å². The monoisotopic (exact) mass is 257 g/mol. The van der Waals surface area contributed by atoms with E-state index in [1.165, 1.54) is 24.4 Å². The van der Waals surface area contributed by atoms with Crippen LogP contribution in [0.2, 0.25) is 0 Å². The van der Waals surface area contributed by atoms with E-state index in [9.17, 15) is 5.11 Å². The Kier molecular flexibility index (Phi) is 4.31. The summed E-state index contributed by atoms with van der Waals surface area (Å²) in [5, 5.41) is 13.7. The van der Waals surface area contributed by atoms with E-state index in [4.69, 9.17) is 4.74 Å². The maximum absolute atomic E-state index is 9.50. The van der Waals surface area contributed by atoms with Gasteiger partial charge in [0.2, 0.25) is 5.13 Å². The second kappa shape index (κ2) is 5.75. The fourth-order valence-corrected chi connectivity index (χ4v) is 2.93. The van der Waals surface area contributed by atoms with E-state index in [-0.39, 0.29) is 12.1 Å². The summed E-state index contributed by atoms with van der Waals surface area (Å²) in [7, 11) is 1.67. The maximum atomic E-state index is 9.50. The van der Waals surface area contributed by atoms with Gasteiger partial charge in [-0.05, 0) is 12.8 Å². The number of aliphatic hydroxyl groups is 1. The molecule has 1 fully saturated rings. The molecule has 1 aromatic heterocycles. The summed E-state index contributed by atoms with van der Waals surface area (Å²) in [5.74, 6) is 0.811. The highest BCUT2D eigenvalue weighted by atomic mass is 32.1. The normalized spacial score (nSPS) is 18.5. The molecule has 5 nitrogen and oxygen atoms in total. The SMILES string of the molecule is COCCc1nsc(NC2(CO)CCCC2)n1. The molecule has 0 spiro atoms. The molecule has 0 radical (unpaired) electrons. The van der Waals surface area contributed by atoms with Crippen molar-refractivity contribution in [3.8, 4) is 0 Å². The summed E-state index contributed by atoms with van der Waals surface area (Å²) in [6.45, 7) is 0.807. The molecule has 0 atom stereocenters. The number of nitrogens with one attached hydrogen (secondary N) is 1. The molecule has 1 aliphatic rings. The minimum Gasteiger partial charge on any atom is -0.394 e. The molecule has 0 aromatic carbocycles. The largest absolute Gasteiger partial charge is 0.394 e. The van der Waals surface area contributed by atoms with Crippen LogP contribution in [0.4, 0.5) is 5.13 Å². The van der Waals surface area contributed by atoms with Crippen molar-refractivity contribution in [2.24, 2.45) is 0 Å². The Bertz CT molecular complexity index is 350. The van der Waals surface area contributed by atoms with Crippen LogP contribution in [-0.2, 0) is 11.2 Å². The first-order chi connectivity index (χ1) is 8.28. The number of hydrogen-bond acceptors (Lipinski definition) is 6. The topological polar surface area (TPSA) is 67.3 Å². The third kappa shape index (κ3) is 3.14. The summed E-state index contributed by atoms with van der Waals surface area (Å²) >= 11 is 1.36. The Balaban J connectivity index is 1.95. The van der Waals surface area contributed by atoms with Crippen molar-refractivity contribution in [2.75, 3.05) is 25.6 Å². The maximum Gasteiger partial charge on any atom is 0.203 e. The standard InChI is InChI=1S/C11H19N3O2S/c1-16-7-4-9-12-10(17-14-9)13-11(8-15)5-2-3-6-11/h15H,2-8H2,1H3,(H,12,13,14). The van der Waals surface area contributed by atoms with Gasteiger partial charge in [0.15, 0.2) is 0 Å². The molecule has 0 saturated heterocycles. The summed E-state index contributed by atoms with van der Waals surface area (Å²) in [4.78, 5) is 4.41. The number of aliphatic hydroxyl groups excluding tert-OH is 1. The zero-order valence-electron chi connectivity index (χ0n) is 10.1. The average molecular weight is 257 g/mol. The van der Waals surface area contributed by atoms with Crippen LogP contribution in [0, 0.1) is 0 Å². The van der Waals surface area contributed by atoms with Crippen LogP contribution in [-0.4, -0.2) is 40.3 Å². The summed E-state index contributed by atoms with van der Waals surface area (Å²) in [6, 6.07) is 0. The second-order valence-electron chi connectivity index (χ2n) is 4.53. The fraction of sp³-hybridized carbons (Fsp3) is 0.818. The highest BCUT2D eigenvalue weighted by molar-refractivity contribution is 7.09. The average Bonchev–Trinajstić information content (AvgIpc) is 2.97. The molecular formula is C11H19N3O2S. The van der Waals surface area contributed by atoms with E-state index in [1.807, 2.05) is 0 Å². The highest BCUT2D eigenvalue weighted by Gasteiger charge is 2.33. The van der Waals surface area contributed by atoms with Gasteiger partial charge in [-0.25, -0.2) is 4.98 Å². The Morgan fingerprint density at radius 3 is 2.88 bits per heavy atom. The number of aromatic nitrogens is 2. The number of hydrogen-bond donors (Lipinski definition) is 2. The van der Waals surface area contributed by atoms with Gasteiger partial charge in [-0.15, -0.1) is 0 Å². The molecule has 2 rings (SSSR count). The van der Waals surface area contributed by atoms with Gasteiger partial charge >= 0.3 is 0 Å². The van der Waals surface area contributed by atoms with Crippen molar-refractivity contribution >= 4 is 16.7 Å². The highest BCUT2D eigenvalue weighted by Crippen LogP contribution is 2.33. The summed E-state index contributed by atoms with van der Waals surface area (Å²) in [5.41, 5.74) is -0.169. The molecule has 2 N–H and O–H groups in total. The zero-order chi connectivity index (χ0) is 12.1. The van der Waals surface area contributed by atoms with Gasteiger partial charge in [0.05, 0.1) is 18.8 Å². The first-order valence-corrected chi connectivity index (χ1v) is 6.76. The van der Waals surface area contributed by atoms with Crippen LogP contribution in [0.1, 0.15) is 31.5 Å². The predicted molar refractivity (Wildman–Crippen MR) is 67.4 cm³/mol. The first-order valence-electron chi connectivity index (χ1n) is 5.98. The van der Waals surface area contributed by atoms with Crippen LogP contribution in [0.25, 0.3) is 0 Å². The van der Waals surface area contributed by atoms with E-state index < -0.39 is 0 Å². The number of anilines is 1. The third-order valence-corrected chi connectivity index (χ3v) is 3.90. The third-order valence-electron chi connectivity index (χ3n) is 3.23. The molecule has 0 bridgehead atoms. The molecule has 1 aliphatic carbocycles. The quantitative estimate of drug-likeness (QED) is 0.807. The zero-order valence-corrected chi connectivity index (χ0v) is 10.9. The molecule has 1 aromatic rings. The Morgan fingerprint density at radius 1 is 1.47 bits per heavy atom.